The van der Waals surface area contributed by atoms with Crippen molar-refractivity contribution in [3.05, 3.63) is 53.5 Å². The van der Waals surface area contributed by atoms with Crippen LogP contribution in [0.15, 0.2) is 41.0 Å². The van der Waals surface area contributed by atoms with Gasteiger partial charge in [0.25, 0.3) is 0 Å². The van der Waals surface area contributed by atoms with Crippen molar-refractivity contribution in [2.45, 2.75) is 0 Å². The second-order valence-electron chi connectivity index (χ2n) is 3.76. The molecule has 0 N–H and O–H groups in total. The number of carbonyl (C=O) groups excluding carboxylic acids is 1. The number of rotatable bonds is 4. The minimum Gasteiger partial charge on any atom is -0.496 e. The summed E-state index contributed by atoms with van der Waals surface area (Å²) in [6, 6.07) is 8.97. The number of ether oxygens (including phenoxy) is 2. The van der Waals surface area contributed by atoms with Crippen LogP contribution in [0, 0.1) is 0 Å². The summed E-state index contributed by atoms with van der Waals surface area (Å²) in [4.78, 5) is 11.8. The van der Waals surface area contributed by atoms with Crippen molar-refractivity contribution in [3.8, 4) is 5.75 Å². The molecule has 0 unspecified atom stereocenters. The average molecular weight is 258 g/mol. The molecule has 0 aliphatic rings. The quantitative estimate of drug-likeness (QED) is 0.790. The topological polar surface area (TPSA) is 48.7 Å². The Hall–Kier alpha value is -2.49. The lowest BCUT2D eigenvalue weighted by Gasteiger charge is -2.09. The van der Waals surface area contributed by atoms with Crippen LogP contribution < -0.4 is 4.74 Å². The lowest BCUT2D eigenvalue weighted by Crippen LogP contribution is -2.06. The van der Waals surface area contributed by atoms with Gasteiger partial charge in [-0.1, -0.05) is 18.2 Å². The molecule has 2 aromatic rings. The molecule has 19 heavy (non-hydrogen) atoms. The Bertz CT molecular complexity index is 582. The molecule has 1 heterocycles. The Balaban J connectivity index is 2.42. The fourth-order valence-electron chi connectivity index (χ4n) is 1.74. The van der Waals surface area contributed by atoms with Crippen molar-refractivity contribution in [3.63, 3.8) is 0 Å². The maximum Gasteiger partial charge on any atom is 0.342 e. The van der Waals surface area contributed by atoms with E-state index in [2.05, 4.69) is 0 Å². The van der Waals surface area contributed by atoms with Gasteiger partial charge < -0.3 is 13.9 Å². The van der Waals surface area contributed by atoms with E-state index in [0.717, 1.165) is 0 Å². The molecular formula is C15H14O4. The van der Waals surface area contributed by atoms with Gasteiger partial charge in [0.2, 0.25) is 0 Å². The van der Waals surface area contributed by atoms with Gasteiger partial charge in [-0.05, 0) is 29.8 Å². The summed E-state index contributed by atoms with van der Waals surface area (Å²) >= 11 is 0. The Labute approximate surface area is 111 Å². The summed E-state index contributed by atoms with van der Waals surface area (Å²) < 4.78 is 15.2. The number of methoxy groups -OCH3 is 2. The second kappa shape index (κ2) is 5.91. The van der Waals surface area contributed by atoms with Gasteiger partial charge in [-0.25, -0.2) is 4.79 Å². The van der Waals surface area contributed by atoms with Gasteiger partial charge >= 0.3 is 5.97 Å². The fourth-order valence-corrected chi connectivity index (χ4v) is 1.74. The van der Waals surface area contributed by atoms with E-state index in [4.69, 9.17) is 13.9 Å². The van der Waals surface area contributed by atoms with Crippen molar-refractivity contribution >= 4 is 18.1 Å². The summed E-state index contributed by atoms with van der Waals surface area (Å²) in [5.74, 6) is 0.753. The first-order chi connectivity index (χ1) is 9.26. The third-order valence-electron chi connectivity index (χ3n) is 2.64. The highest BCUT2D eigenvalue weighted by molar-refractivity contribution is 5.97. The van der Waals surface area contributed by atoms with E-state index in [-0.39, 0.29) is 0 Å². The van der Waals surface area contributed by atoms with Crippen LogP contribution in [-0.2, 0) is 4.74 Å². The van der Waals surface area contributed by atoms with Crippen LogP contribution >= 0.6 is 0 Å². The zero-order valence-corrected chi connectivity index (χ0v) is 10.8. The molecule has 1 aromatic carbocycles. The van der Waals surface area contributed by atoms with Crippen molar-refractivity contribution in [2.75, 3.05) is 14.2 Å². The SMILES string of the molecule is COC(=O)c1c(C=Cc2ccco2)cccc1OC. The summed E-state index contributed by atoms with van der Waals surface area (Å²) in [5, 5.41) is 0. The first-order valence-corrected chi connectivity index (χ1v) is 5.73. The zero-order chi connectivity index (χ0) is 13.7. The normalized spacial score (nSPS) is 10.6. The molecule has 0 spiro atoms. The summed E-state index contributed by atoms with van der Waals surface area (Å²) in [6.07, 6.45) is 5.15. The highest BCUT2D eigenvalue weighted by Crippen LogP contribution is 2.24. The smallest absolute Gasteiger partial charge is 0.342 e. The lowest BCUT2D eigenvalue weighted by atomic mass is 10.1. The Morgan fingerprint density at radius 1 is 1.16 bits per heavy atom. The standard InChI is InChI=1S/C15H14O4/c1-17-13-7-3-5-11(14(13)15(16)18-2)8-9-12-6-4-10-19-12/h3-10H,1-2H3. The first kappa shape index (κ1) is 13.0. The van der Waals surface area contributed by atoms with Crippen LogP contribution in [0.2, 0.25) is 0 Å². The van der Waals surface area contributed by atoms with E-state index in [1.165, 1.54) is 14.2 Å². The summed E-state index contributed by atoms with van der Waals surface area (Å²) in [7, 11) is 2.86. The number of hydrogen-bond acceptors (Lipinski definition) is 4. The van der Waals surface area contributed by atoms with Crippen LogP contribution in [0.1, 0.15) is 21.7 Å². The summed E-state index contributed by atoms with van der Waals surface area (Å²) in [5.41, 5.74) is 1.11. The number of furan rings is 1. The highest BCUT2D eigenvalue weighted by atomic mass is 16.5. The molecule has 0 saturated carbocycles. The molecule has 0 aliphatic heterocycles. The van der Waals surface area contributed by atoms with Crippen LogP contribution in [0.25, 0.3) is 12.2 Å². The maximum atomic E-state index is 11.8. The number of hydrogen-bond donors (Lipinski definition) is 0. The minimum absolute atomic E-state index is 0.398. The molecule has 4 heteroatoms. The maximum absolute atomic E-state index is 11.8. The van der Waals surface area contributed by atoms with Gasteiger partial charge in [-0.2, -0.15) is 0 Å². The van der Waals surface area contributed by atoms with Gasteiger partial charge in [0, 0.05) is 0 Å². The van der Waals surface area contributed by atoms with E-state index in [1.807, 2.05) is 18.2 Å². The highest BCUT2D eigenvalue weighted by Gasteiger charge is 2.16. The minimum atomic E-state index is -0.434. The van der Waals surface area contributed by atoms with Gasteiger partial charge in [-0.3, -0.25) is 0 Å². The molecule has 0 aliphatic carbocycles. The largest absolute Gasteiger partial charge is 0.496 e. The molecule has 0 radical (unpaired) electrons. The van der Waals surface area contributed by atoms with Crippen LogP contribution in [0.4, 0.5) is 0 Å². The van der Waals surface area contributed by atoms with E-state index >= 15 is 0 Å². The van der Waals surface area contributed by atoms with Crippen molar-refractivity contribution in [1.82, 2.24) is 0 Å². The molecule has 4 nitrogen and oxygen atoms in total. The molecule has 98 valence electrons. The van der Waals surface area contributed by atoms with E-state index < -0.39 is 5.97 Å². The second-order valence-corrected chi connectivity index (χ2v) is 3.76. The number of esters is 1. The van der Waals surface area contributed by atoms with Crippen LogP contribution in [-0.4, -0.2) is 20.2 Å². The van der Waals surface area contributed by atoms with Crippen molar-refractivity contribution < 1.29 is 18.7 Å². The molecule has 1 aromatic heterocycles. The van der Waals surface area contributed by atoms with Crippen LogP contribution in [0.5, 0.6) is 5.75 Å². The fraction of sp³-hybridized carbons (Fsp3) is 0.133. The molecular weight excluding hydrogens is 244 g/mol. The number of benzene rings is 1. The van der Waals surface area contributed by atoms with Gasteiger partial charge in [-0.15, -0.1) is 0 Å². The Morgan fingerprint density at radius 2 is 2.00 bits per heavy atom. The monoisotopic (exact) mass is 258 g/mol. The Morgan fingerprint density at radius 3 is 2.63 bits per heavy atom. The molecule has 0 amide bonds. The Kier molecular flexibility index (Phi) is 4.03. The third-order valence-corrected chi connectivity index (χ3v) is 2.64. The molecule has 0 bridgehead atoms. The molecule has 0 atom stereocenters. The van der Waals surface area contributed by atoms with E-state index in [9.17, 15) is 4.79 Å². The van der Waals surface area contributed by atoms with Crippen molar-refractivity contribution in [1.29, 1.82) is 0 Å². The predicted octanol–water partition coefficient (Wildman–Crippen LogP) is 3.25. The molecule has 0 fully saturated rings. The van der Waals surface area contributed by atoms with Gasteiger partial charge in [0.05, 0.1) is 20.5 Å². The zero-order valence-electron chi connectivity index (χ0n) is 10.8. The first-order valence-electron chi connectivity index (χ1n) is 5.73. The van der Waals surface area contributed by atoms with E-state index in [0.29, 0.717) is 22.6 Å². The number of carbonyl (C=O) groups is 1. The third kappa shape index (κ3) is 2.85. The summed E-state index contributed by atoms with van der Waals surface area (Å²) in [6.45, 7) is 0. The lowest BCUT2D eigenvalue weighted by molar-refractivity contribution is 0.0597. The molecule has 0 saturated heterocycles. The predicted molar refractivity (Wildman–Crippen MR) is 72.0 cm³/mol. The average Bonchev–Trinajstić information content (AvgIpc) is 2.97. The van der Waals surface area contributed by atoms with Crippen molar-refractivity contribution in [2.24, 2.45) is 0 Å². The molecule has 2 rings (SSSR count). The van der Waals surface area contributed by atoms with Gasteiger partial charge in [0.1, 0.15) is 17.1 Å². The van der Waals surface area contributed by atoms with E-state index in [1.54, 1.807) is 30.5 Å². The van der Waals surface area contributed by atoms with Gasteiger partial charge in [0.15, 0.2) is 0 Å². The van der Waals surface area contributed by atoms with Crippen LogP contribution in [0.3, 0.4) is 0 Å².